The molecule has 2 fully saturated rings. The van der Waals surface area contributed by atoms with Gasteiger partial charge in [-0.25, -0.2) is 4.39 Å². The summed E-state index contributed by atoms with van der Waals surface area (Å²) in [6.45, 7) is 2.85. The van der Waals surface area contributed by atoms with Crippen molar-refractivity contribution in [3.8, 4) is 0 Å². The lowest BCUT2D eigenvalue weighted by molar-refractivity contribution is -0.140. The summed E-state index contributed by atoms with van der Waals surface area (Å²) in [7, 11) is 0. The number of rotatable bonds is 6. The van der Waals surface area contributed by atoms with Gasteiger partial charge in [-0.2, -0.15) is 13.2 Å². The van der Waals surface area contributed by atoms with Crippen molar-refractivity contribution in [1.29, 1.82) is 0 Å². The largest absolute Gasteiger partial charge is 0.419 e. The zero-order chi connectivity index (χ0) is 26.3. The van der Waals surface area contributed by atoms with Gasteiger partial charge in [-0.3, -0.25) is 9.59 Å². The van der Waals surface area contributed by atoms with Gasteiger partial charge in [0.2, 0.25) is 11.8 Å². The Morgan fingerprint density at radius 1 is 1.08 bits per heavy atom. The molecule has 2 amide bonds. The van der Waals surface area contributed by atoms with Gasteiger partial charge < -0.3 is 16.0 Å². The number of likely N-dealkylation sites (tertiary alicyclic amines) is 1. The number of carbonyl (C=O) groups is 2. The summed E-state index contributed by atoms with van der Waals surface area (Å²) in [6.07, 6.45) is -2.78. The number of hydrogen-bond donors (Lipinski definition) is 2. The minimum absolute atomic E-state index is 0.0976. The van der Waals surface area contributed by atoms with Crippen molar-refractivity contribution in [2.24, 2.45) is 5.73 Å². The van der Waals surface area contributed by atoms with E-state index < -0.39 is 34.9 Å². The fourth-order valence-electron chi connectivity index (χ4n) is 4.62. The van der Waals surface area contributed by atoms with Gasteiger partial charge in [0.15, 0.2) is 0 Å². The highest BCUT2D eigenvalue weighted by molar-refractivity contribution is 9.10. The maximum absolute atomic E-state index is 13.8. The first-order chi connectivity index (χ1) is 16.8. The second-order valence-electron chi connectivity index (χ2n) is 10.1. The predicted octanol–water partition coefficient (Wildman–Crippen LogP) is 4.71. The topological polar surface area (TPSA) is 75.4 Å². The highest BCUT2D eigenvalue weighted by Crippen LogP contribution is 2.49. The Morgan fingerprint density at radius 2 is 1.69 bits per heavy atom. The molecule has 1 unspecified atom stereocenters. The molecule has 1 saturated carbocycles. The van der Waals surface area contributed by atoms with Crippen molar-refractivity contribution < 1.29 is 27.2 Å². The van der Waals surface area contributed by atoms with Crippen LogP contribution in [0, 0.1) is 5.82 Å². The number of benzene rings is 2. The molecule has 2 aromatic carbocycles. The molecule has 194 valence electrons. The van der Waals surface area contributed by atoms with Crippen LogP contribution < -0.4 is 11.1 Å². The van der Waals surface area contributed by atoms with Crippen LogP contribution in [0.1, 0.15) is 49.3 Å². The van der Waals surface area contributed by atoms with E-state index in [1.807, 2.05) is 31.2 Å². The molecule has 1 aliphatic heterocycles. The predicted molar refractivity (Wildman–Crippen MR) is 130 cm³/mol. The summed E-state index contributed by atoms with van der Waals surface area (Å²) in [5, 5.41) is 2.82. The van der Waals surface area contributed by atoms with Crippen molar-refractivity contribution in [2.45, 2.75) is 62.2 Å². The molecule has 2 aromatic rings. The van der Waals surface area contributed by atoms with Gasteiger partial charge in [-0.05, 0) is 68.0 Å². The first kappa shape index (κ1) is 26.6. The lowest BCUT2D eigenvalue weighted by atomic mass is 9.90. The van der Waals surface area contributed by atoms with E-state index in [1.54, 1.807) is 4.90 Å². The van der Waals surface area contributed by atoms with Crippen LogP contribution in [0.2, 0.25) is 0 Å². The number of nitrogens with zero attached hydrogens (tertiary/aromatic N) is 1. The molecule has 2 aliphatic rings. The smallest absolute Gasteiger partial charge is 0.343 e. The Labute approximate surface area is 215 Å². The SMILES string of the molecule is CC1(N)CCN(C(=O)C(Cc2ccc(Br)cc2)NC(=O)C2(c3ccc(F)c(C(F)(F)F)c3)CC2)CC1. The Balaban J connectivity index is 1.58. The first-order valence-corrected chi connectivity index (χ1v) is 12.6. The average molecular weight is 570 g/mol. The average Bonchev–Trinajstić information content (AvgIpc) is 3.61. The standard InChI is InChI=1S/C26H28BrF4N3O2/c1-24(32)10-12-34(13-11-24)22(35)21(14-16-2-5-18(27)6-3-16)33-23(36)25(8-9-25)17-4-7-20(28)19(15-17)26(29,30)31/h2-7,15,21H,8-14,32H2,1H3,(H,33,36). The van der Waals surface area contributed by atoms with Crippen molar-refractivity contribution in [3.63, 3.8) is 0 Å². The normalized spacial score (nSPS) is 19.5. The molecular formula is C26H28BrF4N3O2. The molecule has 36 heavy (non-hydrogen) atoms. The van der Waals surface area contributed by atoms with Gasteiger partial charge in [0, 0.05) is 29.5 Å². The third kappa shape index (κ3) is 5.75. The summed E-state index contributed by atoms with van der Waals surface area (Å²) in [6, 6.07) is 9.11. The summed E-state index contributed by atoms with van der Waals surface area (Å²) < 4.78 is 54.6. The van der Waals surface area contributed by atoms with Crippen LogP contribution in [0.25, 0.3) is 0 Å². The molecule has 0 aromatic heterocycles. The number of alkyl halides is 3. The molecule has 10 heteroatoms. The summed E-state index contributed by atoms with van der Waals surface area (Å²) in [5.41, 5.74) is 4.13. The second-order valence-corrected chi connectivity index (χ2v) is 11.0. The second kappa shape index (κ2) is 9.78. The third-order valence-corrected chi connectivity index (χ3v) is 7.71. The molecule has 1 saturated heterocycles. The van der Waals surface area contributed by atoms with Crippen molar-refractivity contribution in [2.75, 3.05) is 13.1 Å². The van der Waals surface area contributed by atoms with Gasteiger partial charge in [0.25, 0.3) is 0 Å². The monoisotopic (exact) mass is 569 g/mol. The molecule has 4 rings (SSSR count). The molecule has 5 nitrogen and oxygen atoms in total. The molecule has 1 atom stereocenters. The minimum Gasteiger partial charge on any atom is -0.343 e. The maximum atomic E-state index is 13.8. The lowest BCUT2D eigenvalue weighted by Gasteiger charge is -2.38. The van der Waals surface area contributed by atoms with E-state index in [9.17, 15) is 27.2 Å². The quantitative estimate of drug-likeness (QED) is 0.495. The Kier molecular flexibility index (Phi) is 7.22. The van der Waals surface area contributed by atoms with E-state index in [4.69, 9.17) is 5.73 Å². The third-order valence-electron chi connectivity index (χ3n) is 7.18. The number of halogens is 5. The van der Waals surface area contributed by atoms with E-state index in [0.717, 1.165) is 16.1 Å². The number of nitrogens with two attached hydrogens (primary N) is 1. The summed E-state index contributed by atoms with van der Waals surface area (Å²) in [5.74, 6) is -2.17. The van der Waals surface area contributed by atoms with Crippen molar-refractivity contribution in [3.05, 3.63) is 69.4 Å². The summed E-state index contributed by atoms with van der Waals surface area (Å²) in [4.78, 5) is 28.6. The molecule has 0 spiro atoms. The van der Waals surface area contributed by atoms with Gasteiger partial charge in [0.1, 0.15) is 11.9 Å². The number of hydrogen-bond acceptors (Lipinski definition) is 3. The number of carbonyl (C=O) groups excluding carboxylic acids is 2. The van der Waals surface area contributed by atoms with E-state index in [-0.39, 0.29) is 23.4 Å². The fraction of sp³-hybridized carbons (Fsp3) is 0.462. The number of piperidine rings is 1. The van der Waals surface area contributed by atoms with Gasteiger partial charge in [-0.1, -0.05) is 34.1 Å². The van der Waals surface area contributed by atoms with E-state index in [2.05, 4.69) is 21.2 Å². The van der Waals surface area contributed by atoms with E-state index in [0.29, 0.717) is 44.8 Å². The van der Waals surface area contributed by atoms with Crippen LogP contribution in [0.3, 0.4) is 0 Å². The van der Waals surface area contributed by atoms with Crippen LogP contribution in [-0.2, 0) is 27.6 Å². The summed E-state index contributed by atoms with van der Waals surface area (Å²) >= 11 is 3.38. The van der Waals surface area contributed by atoms with Gasteiger partial charge >= 0.3 is 6.18 Å². The fourth-order valence-corrected chi connectivity index (χ4v) is 4.89. The van der Waals surface area contributed by atoms with Crippen LogP contribution in [-0.4, -0.2) is 41.4 Å². The highest BCUT2D eigenvalue weighted by atomic mass is 79.9. The van der Waals surface area contributed by atoms with Gasteiger partial charge in [0.05, 0.1) is 11.0 Å². The number of amides is 2. The van der Waals surface area contributed by atoms with Crippen molar-refractivity contribution in [1.82, 2.24) is 10.2 Å². The molecule has 1 aliphatic carbocycles. The van der Waals surface area contributed by atoms with Gasteiger partial charge in [-0.15, -0.1) is 0 Å². The Morgan fingerprint density at radius 3 is 2.25 bits per heavy atom. The van der Waals surface area contributed by atoms with Crippen LogP contribution in [0.5, 0.6) is 0 Å². The van der Waals surface area contributed by atoms with Crippen LogP contribution in [0.15, 0.2) is 46.9 Å². The zero-order valence-electron chi connectivity index (χ0n) is 19.8. The molecule has 0 radical (unpaired) electrons. The van der Waals surface area contributed by atoms with Crippen molar-refractivity contribution >= 4 is 27.7 Å². The lowest BCUT2D eigenvalue weighted by Crippen LogP contribution is -2.56. The molecule has 0 bridgehead atoms. The number of nitrogens with one attached hydrogen (secondary N) is 1. The highest BCUT2D eigenvalue weighted by Gasteiger charge is 2.53. The zero-order valence-corrected chi connectivity index (χ0v) is 21.4. The first-order valence-electron chi connectivity index (χ1n) is 11.8. The maximum Gasteiger partial charge on any atom is 0.419 e. The molecular weight excluding hydrogens is 542 g/mol. The molecule has 1 heterocycles. The van der Waals surface area contributed by atoms with Crippen LogP contribution >= 0.6 is 15.9 Å². The molecule has 3 N–H and O–H groups in total. The Bertz CT molecular complexity index is 1140. The Hall–Kier alpha value is -2.46. The minimum atomic E-state index is -4.88. The van der Waals surface area contributed by atoms with E-state index in [1.165, 1.54) is 6.07 Å². The van der Waals surface area contributed by atoms with Crippen LogP contribution in [0.4, 0.5) is 17.6 Å². The van der Waals surface area contributed by atoms with E-state index >= 15 is 0 Å².